The number of nitrogens with zero attached hydrogens (tertiary/aromatic N) is 2. The highest BCUT2D eigenvalue weighted by Gasteiger charge is 2.35. The number of rotatable bonds is 3. The van der Waals surface area contributed by atoms with E-state index < -0.39 is 0 Å². The summed E-state index contributed by atoms with van der Waals surface area (Å²) >= 11 is 16.1. The van der Waals surface area contributed by atoms with Crippen LogP contribution >= 0.6 is 39.7 Å². The van der Waals surface area contributed by atoms with Gasteiger partial charge in [0.05, 0.1) is 23.5 Å². The second-order valence-corrected chi connectivity index (χ2v) is 9.96. The predicted molar refractivity (Wildman–Crippen MR) is 140 cm³/mol. The normalized spacial score (nSPS) is 14.7. The van der Waals surface area contributed by atoms with E-state index in [-0.39, 0.29) is 11.9 Å². The van der Waals surface area contributed by atoms with Crippen molar-refractivity contribution in [2.75, 3.05) is 7.11 Å². The Kier molecular flexibility index (Phi) is 5.09. The van der Waals surface area contributed by atoms with Crippen LogP contribution in [-0.2, 0) is 6.42 Å². The smallest absolute Gasteiger partial charge is 0.218 e. The van der Waals surface area contributed by atoms with Crippen molar-refractivity contribution in [3.8, 4) is 17.3 Å². The molecular weight excluding hydrogens is 534 g/mol. The minimum atomic E-state index is -0.252. The maximum Gasteiger partial charge on any atom is 0.218 e. The Hall–Kier alpha value is -3.00. The third-order valence-corrected chi connectivity index (χ3v) is 7.65. The van der Waals surface area contributed by atoms with Gasteiger partial charge in [-0.1, -0.05) is 51.8 Å². The average molecular weight is 553 g/mol. The molecule has 2 N–H and O–H groups in total. The third kappa shape index (κ3) is 3.15. The number of fused-ring (bicyclic) bond motifs is 4. The number of methoxy groups -OCH3 is 1. The monoisotopic (exact) mass is 551 g/mol. The van der Waals surface area contributed by atoms with Crippen LogP contribution in [0.1, 0.15) is 28.6 Å². The van der Waals surface area contributed by atoms with Crippen LogP contribution < -0.4 is 4.74 Å². The zero-order valence-corrected chi connectivity index (χ0v) is 21.2. The first-order valence-corrected chi connectivity index (χ1v) is 12.3. The number of benzene rings is 3. The lowest BCUT2D eigenvalue weighted by Gasteiger charge is -2.26. The number of aromatic amines is 1. The Balaban J connectivity index is 1.66. The second kappa shape index (κ2) is 8.05. The van der Waals surface area contributed by atoms with E-state index in [1.807, 2.05) is 53.1 Å². The molecule has 0 amide bonds. The van der Waals surface area contributed by atoms with Gasteiger partial charge in [0.15, 0.2) is 4.77 Å². The Morgan fingerprint density at radius 3 is 2.62 bits per heavy atom. The highest BCUT2D eigenvalue weighted by molar-refractivity contribution is 9.10. The van der Waals surface area contributed by atoms with Gasteiger partial charge in [-0.05, 0) is 65.8 Å². The van der Waals surface area contributed by atoms with Gasteiger partial charge in [0, 0.05) is 27.5 Å². The maximum absolute atomic E-state index is 11.4. The van der Waals surface area contributed by atoms with E-state index in [2.05, 4.69) is 33.0 Å². The van der Waals surface area contributed by atoms with E-state index in [1.165, 1.54) is 0 Å². The molecule has 34 heavy (non-hydrogen) atoms. The van der Waals surface area contributed by atoms with Crippen molar-refractivity contribution >= 4 is 50.7 Å². The number of hydrogen-bond donors (Lipinski definition) is 2. The summed E-state index contributed by atoms with van der Waals surface area (Å²) in [4.78, 5) is 3.63. The summed E-state index contributed by atoms with van der Waals surface area (Å²) in [5.74, 6) is 0.882. The molecule has 0 saturated carbocycles. The number of nitrogens with one attached hydrogen (secondary N) is 1. The number of para-hydroxylation sites is 1. The molecule has 1 unspecified atom stereocenters. The quantitative estimate of drug-likeness (QED) is 0.229. The first-order valence-electron chi connectivity index (χ1n) is 10.7. The fourth-order valence-corrected chi connectivity index (χ4v) is 5.88. The minimum Gasteiger partial charge on any atom is -0.497 e. The zero-order chi connectivity index (χ0) is 23.6. The largest absolute Gasteiger partial charge is 0.497 e. The summed E-state index contributed by atoms with van der Waals surface area (Å²) in [5, 5.41) is 13.1. The van der Waals surface area contributed by atoms with Gasteiger partial charge < -0.3 is 19.4 Å². The molecule has 170 valence electrons. The van der Waals surface area contributed by atoms with Crippen molar-refractivity contribution in [1.29, 1.82) is 0 Å². The van der Waals surface area contributed by atoms with E-state index in [0.717, 1.165) is 43.6 Å². The summed E-state index contributed by atoms with van der Waals surface area (Å²) in [5.41, 5.74) is 5.66. The maximum atomic E-state index is 11.4. The lowest BCUT2D eigenvalue weighted by atomic mass is 9.93. The molecule has 6 rings (SSSR count). The molecule has 1 atom stereocenters. The van der Waals surface area contributed by atoms with Gasteiger partial charge in [-0.2, -0.15) is 0 Å². The average Bonchev–Trinajstić information content (AvgIpc) is 3.32. The molecule has 0 spiro atoms. The molecule has 0 saturated heterocycles. The van der Waals surface area contributed by atoms with Gasteiger partial charge in [0.2, 0.25) is 5.88 Å². The van der Waals surface area contributed by atoms with Gasteiger partial charge in [-0.25, -0.2) is 0 Å². The van der Waals surface area contributed by atoms with Crippen LogP contribution in [0.2, 0.25) is 5.02 Å². The Morgan fingerprint density at radius 1 is 1.12 bits per heavy atom. The summed E-state index contributed by atoms with van der Waals surface area (Å²) in [7, 11) is 1.65. The number of aromatic nitrogens is 3. The van der Waals surface area contributed by atoms with E-state index in [0.29, 0.717) is 21.9 Å². The predicted octanol–water partition coefficient (Wildman–Crippen LogP) is 7.16. The van der Waals surface area contributed by atoms with Crippen molar-refractivity contribution in [2.45, 2.75) is 12.5 Å². The van der Waals surface area contributed by atoms with E-state index in [1.54, 1.807) is 17.7 Å². The first kappa shape index (κ1) is 21.5. The van der Waals surface area contributed by atoms with Crippen molar-refractivity contribution < 1.29 is 9.84 Å². The van der Waals surface area contributed by atoms with Crippen molar-refractivity contribution in [1.82, 2.24) is 14.1 Å². The highest BCUT2D eigenvalue weighted by atomic mass is 79.9. The number of ether oxygens (including phenoxy) is 1. The molecule has 1 aliphatic heterocycles. The van der Waals surface area contributed by atoms with Crippen LogP contribution in [0, 0.1) is 4.77 Å². The fourth-order valence-electron chi connectivity index (χ4n) is 4.89. The molecule has 0 radical (unpaired) electrons. The molecule has 8 heteroatoms. The van der Waals surface area contributed by atoms with Crippen molar-refractivity contribution in [2.24, 2.45) is 0 Å². The number of H-pyrrole nitrogens is 1. The summed E-state index contributed by atoms with van der Waals surface area (Å²) in [6.45, 7) is 0. The number of aromatic hydroxyl groups is 1. The fraction of sp³-hybridized carbons (Fsp3) is 0.115. The van der Waals surface area contributed by atoms with Crippen LogP contribution in [0.5, 0.6) is 11.6 Å². The van der Waals surface area contributed by atoms with Crippen LogP contribution in [0.3, 0.4) is 0 Å². The lowest BCUT2D eigenvalue weighted by Crippen LogP contribution is -2.21. The van der Waals surface area contributed by atoms with Crippen LogP contribution in [0.25, 0.3) is 16.6 Å². The molecule has 5 aromatic rings. The van der Waals surface area contributed by atoms with Crippen molar-refractivity contribution in [3.63, 3.8) is 0 Å². The van der Waals surface area contributed by atoms with Gasteiger partial charge in [0.25, 0.3) is 0 Å². The topological polar surface area (TPSA) is 55.1 Å². The van der Waals surface area contributed by atoms with E-state index >= 15 is 0 Å². The first-order chi connectivity index (χ1) is 16.5. The Morgan fingerprint density at radius 2 is 1.88 bits per heavy atom. The van der Waals surface area contributed by atoms with Gasteiger partial charge in [-0.15, -0.1) is 0 Å². The van der Waals surface area contributed by atoms with Gasteiger partial charge >= 0.3 is 0 Å². The molecule has 2 aromatic heterocycles. The van der Waals surface area contributed by atoms with E-state index in [9.17, 15) is 5.11 Å². The summed E-state index contributed by atoms with van der Waals surface area (Å²) < 4.78 is 10.5. The Labute approximate surface area is 214 Å². The SMILES string of the molecule is COc1ccc(C2c3[nH]c4ccc(Br)cc4c3Cc3c(O)n(-c4ccccc4Cl)c(=S)n32)cc1. The standard InChI is InChI=1S/C26H19BrClN3O2S/c1-33-16-9-6-14(7-10-16)24-23-18(17-12-15(27)8-11-20(17)29-23)13-22-25(32)31(26(34)30(22)24)21-5-3-2-4-19(21)28/h2-12,24,29,32H,13H2,1H3. The molecule has 0 bridgehead atoms. The lowest BCUT2D eigenvalue weighted by molar-refractivity contribution is 0.414. The van der Waals surface area contributed by atoms with Gasteiger partial charge in [0.1, 0.15) is 11.8 Å². The van der Waals surface area contributed by atoms with Crippen LogP contribution in [0.15, 0.2) is 71.2 Å². The molecule has 3 heterocycles. The van der Waals surface area contributed by atoms with Gasteiger partial charge in [-0.3, -0.25) is 4.57 Å². The molecule has 1 aliphatic rings. The second-order valence-electron chi connectivity index (χ2n) is 8.27. The summed E-state index contributed by atoms with van der Waals surface area (Å²) in [6, 6.07) is 21.3. The van der Waals surface area contributed by atoms with Crippen LogP contribution in [0.4, 0.5) is 0 Å². The van der Waals surface area contributed by atoms with Crippen molar-refractivity contribution in [3.05, 3.63) is 104 Å². The molecule has 0 aliphatic carbocycles. The summed E-state index contributed by atoms with van der Waals surface area (Å²) in [6.07, 6.45) is 0.533. The number of hydrogen-bond acceptors (Lipinski definition) is 3. The molecular formula is C26H19BrClN3O2S. The number of halogens is 2. The third-order valence-electron chi connectivity index (χ3n) is 6.46. The Bertz CT molecular complexity index is 1630. The molecule has 0 fully saturated rings. The molecule has 3 aromatic carbocycles. The van der Waals surface area contributed by atoms with E-state index in [4.69, 9.17) is 28.6 Å². The minimum absolute atomic E-state index is 0.103. The zero-order valence-electron chi connectivity index (χ0n) is 18.0. The molecule has 5 nitrogen and oxygen atoms in total. The number of imidazole rings is 1. The highest BCUT2D eigenvalue weighted by Crippen LogP contribution is 2.44. The van der Waals surface area contributed by atoms with Crippen LogP contribution in [-0.4, -0.2) is 26.3 Å².